The van der Waals surface area contributed by atoms with E-state index in [2.05, 4.69) is 4.52 Å². The molecular weight excluding hydrogens is 478 g/mol. The predicted molar refractivity (Wildman–Crippen MR) is 119 cm³/mol. The molecule has 10 heteroatoms. The number of hydrogen-bond donors (Lipinski definition) is 3. The van der Waals surface area contributed by atoms with E-state index < -0.39 is 52.8 Å². The lowest BCUT2D eigenvalue weighted by Gasteiger charge is -2.63. The molecule has 4 aliphatic rings. The second-order valence-electron chi connectivity index (χ2n) is 10.3. The number of Topliss-reactive ketones (excluding diaryl/α,β-unsaturated/α-hetero) is 1. The molecule has 0 aliphatic heterocycles. The van der Waals surface area contributed by atoms with E-state index in [9.17, 15) is 19.3 Å². The van der Waals surface area contributed by atoms with Crippen LogP contribution < -0.4 is 0 Å². The van der Waals surface area contributed by atoms with Gasteiger partial charge in [0, 0.05) is 10.8 Å². The quantitative estimate of drug-likeness (QED) is 0.393. The highest BCUT2D eigenvalue weighted by Crippen LogP contribution is 2.72. The number of fused-ring (bicyclic) bond motifs is 5. The first-order valence-electron chi connectivity index (χ1n) is 10.8. The summed E-state index contributed by atoms with van der Waals surface area (Å²) in [4.78, 5) is 42.2. The van der Waals surface area contributed by atoms with Crippen LogP contribution in [0.3, 0.4) is 0 Å². The second kappa shape index (κ2) is 7.48. The van der Waals surface area contributed by atoms with Crippen LogP contribution in [-0.2, 0) is 18.7 Å². The van der Waals surface area contributed by atoms with Crippen LogP contribution in [-0.4, -0.2) is 48.9 Å². The average molecular weight is 507 g/mol. The van der Waals surface area contributed by atoms with Crippen LogP contribution >= 0.6 is 31.0 Å². The van der Waals surface area contributed by atoms with Gasteiger partial charge in [0.15, 0.2) is 11.6 Å². The summed E-state index contributed by atoms with van der Waals surface area (Å²) in [5, 5.41) is 11.1. The van der Waals surface area contributed by atoms with Crippen molar-refractivity contribution < 1.29 is 33.6 Å². The summed E-state index contributed by atoms with van der Waals surface area (Å²) in [6.45, 7) is 4.72. The molecule has 0 aromatic heterocycles. The Hall–Kier alpha value is -0.530. The number of phosphoric acid groups is 1. The van der Waals surface area contributed by atoms with Crippen molar-refractivity contribution in [2.24, 2.45) is 28.6 Å². The van der Waals surface area contributed by atoms with Gasteiger partial charge in [-0.05, 0) is 55.6 Å². The Bertz CT molecular complexity index is 975. The number of hydrogen-bond acceptors (Lipinski definition) is 5. The van der Waals surface area contributed by atoms with Gasteiger partial charge in [-0.15, -0.1) is 23.2 Å². The zero-order valence-corrected chi connectivity index (χ0v) is 20.7. The highest BCUT2D eigenvalue weighted by molar-refractivity contribution is 7.46. The maximum atomic E-state index is 13.1. The van der Waals surface area contributed by atoms with Gasteiger partial charge in [-0.2, -0.15) is 0 Å². The fourth-order valence-corrected chi connectivity index (χ4v) is 8.85. The Morgan fingerprint density at radius 3 is 2.59 bits per heavy atom. The Balaban J connectivity index is 1.74. The molecule has 0 aromatic carbocycles. The van der Waals surface area contributed by atoms with E-state index in [1.165, 1.54) is 6.08 Å². The van der Waals surface area contributed by atoms with Crippen molar-refractivity contribution >= 4 is 42.6 Å². The van der Waals surface area contributed by atoms with Crippen LogP contribution in [0.2, 0.25) is 0 Å². The summed E-state index contributed by atoms with van der Waals surface area (Å²) in [5.74, 6) is -1.56. The highest BCUT2D eigenvalue weighted by atomic mass is 35.5. The van der Waals surface area contributed by atoms with Crippen molar-refractivity contribution in [3.63, 3.8) is 0 Å². The molecule has 7 nitrogen and oxygen atoms in total. The van der Waals surface area contributed by atoms with Crippen molar-refractivity contribution in [2.45, 2.75) is 62.3 Å². The topological polar surface area (TPSA) is 121 Å². The third kappa shape index (κ3) is 3.12. The average Bonchev–Trinajstić information content (AvgIpc) is 2.89. The molecule has 32 heavy (non-hydrogen) atoms. The lowest BCUT2D eigenvalue weighted by atomic mass is 9.46. The normalized spacial score (nSPS) is 48.0. The first-order chi connectivity index (χ1) is 14.6. The first-order valence-corrected chi connectivity index (χ1v) is 13.2. The molecule has 0 spiro atoms. The molecule has 0 heterocycles. The molecule has 0 bridgehead atoms. The molecule has 0 aromatic rings. The molecule has 4 aliphatic carbocycles. The number of halogens is 2. The van der Waals surface area contributed by atoms with Gasteiger partial charge in [-0.3, -0.25) is 14.1 Å². The van der Waals surface area contributed by atoms with E-state index >= 15 is 0 Å². The zero-order valence-electron chi connectivity index (χ0n) is 18.3. The lowest BCUT2D eigenvalue weighted by Crippen LogP contribution is -2.67. The fraction of sp³-hybridized carbons (Fsp3) is 0.727. The van der Waals surface area contributed by atoms with Gasteiger partial charge in [0.25, 0.3) is 0 Å². The van der Waals surface area contributed by atoms with Crippen molar-refractivity contribution in [1.82, 2.24) is 0 Å². The zero-order chi connectivity index (χ0) is 23.9. The van der Waals surface area contributed by atoms with E-state index in [0.29, 0.717) is 19.3 Å². The van der Waals surface area contributed by atoms with Gasteiger partial charge in [-0.25, -0.2) is 4.57 Å². The molecule has 0 saturated heterocycles. The predicted octanol–water partition coefficient (Wildman–Crippen LogP) is 3.53. The lowest BCUT2D eigenvalue weighted by molar-refractivity contribution is -0.167. The van der Waals surface area contributed by atoms with Crippen LogP contribution in [0.15, 0.2) is 23.8 Å². The number of phosphoric ester groups is 1. The molecule has 0 amide bonds. The van der Waals surface area contributed by atoms with Crippen LogP contribution in [0.25, 0.3) is 0 Å². The number of allylic oxidation sites excluding steroid dienone is 4. The van der Waals surface area contributed by atoms with E-state index in [4.69, 9.17) is 33.0 Å². The number of rotatable bonds is 4. The third-order valence-corrected chi connectivity index (χ3v) is 11.0. The van der Waals surface area contributed by atoms with Crippen LogP contribution in [0, 0.1) is 28.6 Å². The molecule has 0 radical (unpaired) electrons. The number of carbonyl (C=O) groups is 2. The van der Waals surface area contributed by atoms with Gasteiger partial charge >= 0.3 is 7.82 Å². The highest BCUT2D eigenvalue weighted by Gasteiger charge is 2.74. The van der Waals surface area contributed by atoms with E-state index in [1.807, 2.05) is 19.9 Å². The minimum Gasteiger partial charge on any atom is -0.381 e. The van der Waals surface area contributed by atoms with Gasteiger partial charge < -0.3 is 14.9 Å². The van der Waals surface area contributed by atoms with Crippen molar-refractivity contribution in [3.8, 4) is 0 Å². The molecule has 3 saturated carbocycles. The van der Waals surface area contributed by atoms with Gasteiger partial charge in [0.2, 0.25) is 0 Å². The van der Waals surface area contributed by atoms with Crippen LogP contribution in [0.5, 0.6) is 0 Å². The second-order valence-corrected chi connectivity index (χ2v) is 12.7. The summed E-state index contributed by atoms with van der Waals surface area (Å²) >= 11 is 14.4. The summed E-state index contributed by atoms with van der Waals surface area (Å²) < 4.78 is 15.6. The minimum absolute atomic E-state index is 0.0671. The van der Waals surface area contributed by atoms with Gasteiger partial charge in [0.05, 0.1) is 10.3 Å². The van der Waals surface area contributed by atoms with E-state index in [0.717, 1.165) is 5.57 Å². The van der Waals surface area contributed by atoms with Crippen LogP contribution in [0.1, 0.15) is 46.5 Å². The number of aliphatic hydroxyl groups is 1. The molecule has 4 rings (SSSR count). The Labute approximate surface area is 197 Å². The summed E-state index contributed by atoms with van der Waals surface area (Å²) in [7, 11) is -4.87. The van der Waals surface area contributed by atoms with Crippen molar-refractivity contribution in [3.05, 3.63) is 23.8 Å². The maximum Gasteiger partial charge on any atom is 0.470 e. The SMILES string of the molecule is C[C@@H]1C[C@@H]2[C@@H]3CCC4=CC(=O)C=C[C@@]4(C)[C@@]3(Cl)[C@@H](Cl)C[C@@]2(C)[C@]1(O)C(=O)COP(=O)(O)O. The number of ketones is 2. The molecule has 0 unspecified atom stereocenters. The van der Waals surface area contributed by atoms with Crippen molar-refractivity contribution in [2.75, 3.05) is 6.61 Å². The summed E-state index contributed by atoms with van der Waals surface area (Å²) in [6.07, 6.45) is 7.14. The van der Waals surface area contributed by atoms with E-state index in [1.54, 1.807) is 13.0 Å². The van der Waals surface area contributed by atoms with Crippen LogP contribution in [0.4, 0.5) is 0 Å². The standard InChI is InChI=1S/C22H29Cl2O7P/c1-12-8-16-15-5-4-13-9-14(25)6-7-19(13,2)21(15,24)17(23)10-20(16,3)22(12,27)18(26)11-31-32(28,29)30/h6-7,9,12,15-17,27H,4-5,8,10-11H2,1-3H3,(H2,28,29,30)/t12-,15+,16-,17+,19-,20-,21+,22-/m1/s1. The smallest absolute Gasteiger partial charge is 0.381 e. The summed E-state index contributed by atoms with van der Waals surface area (Å²) in [5.41, 5.74) is -2.47. The van der Waals surface area contributed by atoms with Gasteiger partial charge in [0.1, 0.15) is 12.2 Å². The minimum atomic E-state index is -4.87. The van der Waals surface area contributed by atoms with E-state index in [-0.39, 0.29) is 24.0 Å². The largest absolute Gasteiger partial charge is 0.470 e. The Kier molecular flexibility index (Phi) is 5.75. The first kappa shape index (κ1) is 24.6. The molecule has 178 valence electrons. The number of alkyl halides is 2. The molecular formula is C22H29Cl2O7P. The molecule has 8 atom stereocenters. The molecule has 3 N–H and O–H groups in total. The Morgan fingerprint density at radius 1 is 1.31 bits per heavy atom. The molecule has 3 fully saturated rings. The van der Waals surface area contributed by atoms with Crippen molar-refractivity contribution in [1.29, 1.82) is 0 Å². The Morgan fingerprint density at radius 2 is 1.97 bits per heavy atom. The summed E-state index contributed by atoms with van der Waals surface area (Å²) in [6, 6.07) is 0. The maximum absolute atomic E-state index is 13.1. The third-order valence-electron chi connectivity index (χ3n) is 8.97. The fourth-order valence-electron chi connectivity index (χ4n) is 7.33. The number of carbonyl (C=O) groups excluding carboxylic acids is 2. The van der Waals surface area contributed by atoms with Gasteiger partial charge in [-0.1, -0.05) is 32.4 Å². The monoisotopic (exact) mass is 506 g/mol.